The van der Waals surface area contributed by atoms with Gasteiger partial charge in [-0.1, -0.05) is 71.1 Å². The highest BCUT2D eigenvalue weighted by atomic mass is 32.1. The van der Waals surface area contributed by atoms with Crippen LogP contribution in [0.15, 0.2) is 0 Å². The normalized spacial score (nSPS) is 12.4. The highest BCUT2D eigenvalue weighted by Gasteiger charge is 2.28. The first-order valence-corrected chi connectivity index (χ1v) is 13.7. The Labute approximate surface area is 203 Å². The van der Waals surface area contributed by atoms with E-state index in [9.17, 15) is 9.59 Å². The zero-order chi connectivity index (χ0) is 23.2. The molecule has 0 unspecified atom stereocenters. The lowest BCUT2D eigenvalue weighted by molar-refractivity contribution is -0.119. The fraction of sp³-hybridized carbons (Fsp3) is 0.720. The number of esters is 1. The Morgan fingerprint density at radius 2 is 1.56 bits per heavy atom. The van der Waals surface area contributed by atoms with Crippen molar-refractivity contribution in [2.75, 3.05) is 11.9 Å². The summed E-state index contributed by atoms with van der Waals surface area (Å²) in [6, 6.07) is 0. The molecule has 2 N–H and O–H groups in total. The Morgan fingerprint density at radius 3 is 2.19 bits per heavy atom. The van der Waals surface area contributed by atoms with Crippen LogP contribution < -0.4 is 10.6 Å². The zero-order valence-electron chi connectivity index (χ0n) is 19.9. The molecule has 1 amide bonds. The smallest absolute Gasteiger partial charge is 0.341 e. The molecule has 0 fully saturated rings. The average molecular weight is 481 g/mol. The van der Waals surface area contributed by atoms with Gasteiger partial charge in [-0.2, -0.15) is 0 Å². The van der Waals surface area contributed by atoms with Gasteiger partial charge in [-0.3, -0.25) is 4.79 Å². The van der Waals surface area contributed by atoms with E-state index in [1.165, 1.54) is 62.7 Å². The molecule has 0 aromatic carbocycles. The molecule has 0 saturated carbocycles. The van der Waals surface area contributed by atoms with Gasteiger partial charge in [-0.05, 0) is 50.4 Å². The number of carbonyl (C=O) groups excluding carboxylic acids is 2. The molecular weight excluding hydrogens is 440 g/mol. The third kappa shape index (κ3) is 9.18. The summed E-state index contributed by atoms with van der Waals surface area (Å²) >= 11 is 6.87. The lowest BCUT2D eigenvalue weighted by Gasteiger charge is -2.11. The molecule has 32 heavy (non-hydrogen) atoms. The number of aryl methyl sites for hydroxylation is 1. The number of anilines is 1. The Bertz CT molecular complexity index is 746. The molecule has 0 saturated heterocycles. The maximum atomic E-state index is 12.4. The van der Waals surface area contributed by atoms with Gasteiger partial charge in [-0.15, -0.1) is 11.3 Å². The van der Waals surface area contributed by atoms with Crippen molar-refractivity contribution in [1.29, 1.82) is 0 Å². The molecule has 0 spiro atoms. The maximum absolute atomic E-state index is 12.4. The monoisotopic (exact) mass is 480 g/mol. The lowest BCUT2D eigenvalue weighted by atomic mass is 10.1. The van der Waals surface area contributed by atoms with E-state index in [2.05, 4.69) is 17.6 Å². The van der Waals surface area contributed by atoms with Gasteiger partial charge in [0.2, 0.25) is 5.91 Å². The van der Waals surface area contributed by atoms with Crippen molar-refractivity contribution in [3.05, 3.63) is 16.0 Å². The fourth-order valence-electron chi connectivity index (χ4n) is 4.18. The fourth-order valence-corrected chi connectivity index (χ4v) is 5.75. The van der Waals surface area contributed by atoms with Crippen LogP contribution in [0.3, 0.4) is 0 Å². The van der Waals surface area contributed by atoms with Crippen molar-refractivity contribution in [2.24, 2.45) is 0 Å². The summed E-state index contributed by atoms with van der Waals surface area (Å²) < 4.78 is 5.23. The molecule has 1 aliphatic rings. The Balaban J connectivity index is 1.63. The highest BCUT2D eigenvalue weighted by molar-refractivity contribution is 7.80. The van der Waals surface area contributed by atoms with E-state index in [1.807, 2.05) is 0 Å². The largest absolute Gasteiger partial charge is 0.462 e. The molecule has 1 aromatic rings. The van der Waals surface area contributed by atoms with E-state index >= 15 is 0 Å². The number of thiophene rings is 1. The first-order chi connectivity index (χ1) is 15.6. The summed E-state index contributed by atoms with van der Waals surface area (Å²) in [6.07, 6.45) is 17.2. The van der Waals surface area contributed by atoms with E-state index < -0.39 is 0 Å². The van der Waals surface area contributed by atoms with Crippen LogP contribution in [-0.2, 0) is 22.4 Å². The van der Waals surface area contributed by atoms with Crippen LogP contribution >= 0.6 is 23.6 Å². The van der Waals surface area contributed by atoms with Crippen molar-refractivity contribution in [1.82, 2.24) is 5.32 Å². The predicted octanol–water partition coefficient (Wildman–Crippen LogP) is 6.93. The number of thiocarbonyl (C=S) groups is 1. The average Bonchev–Trinajstić information content (AvgIpc) is 3.32. The molecule has 1 heterocycles. The summed E-state index contributed by atoms with van der Waals surface area (Å²) in [5, 5.41) is 6.77. The summed E-state index contributed by atoms with van der Waals surface area (Å²) in [7, 11) is 0. The topological polar surface area (TPSA) is 67.4 Å². The number of amides is 1. The number of nitrogens with one attached hydrogen (secondary N) is 2. The minimum atomic E-state index is -0.315. The third-order valence-corrected chi connectivity index (χ3v) is 7.30. The summed E-state index contributed by atoms with van der Waals surface area (Å²) in [4.78, 5) is 25.9. The van der Waals surface area contributed by atoms with E-state index in [1.54, 1.807) is 18.3 Å². The van der Waals surface area contributed by atoms with Gasteiger partial charge in [0, 0.05) is 11.3 Å². The molecule has 1 aliphatic carbocycles. The molecule has 0 atom stereocenters. The van der Waals surface area contributed by atoms with Crippen LogP contribution in [0.25, 0.3) is 0 Å². The second kappa shape index (κ2) is 15.4. The van der Waals surface area contributed by atoms with Crippen LogP contribution in [-0.4, -0.2) is 23.6 Å². The maximum Gasteiger partial charge on any atom is 0.341 e. The number of ether oxygens (including phenoxy) is 1. The summed E-state index contributed by atoms with van der Waals surface area (Å²) in [5.41, 5.74) is 1.66. The number of carbonyl (C=O) groups is 2. The Hall–Kier alpha value is -1.47. The van der Waals surface area contributed by atoms with Crippen LogP contribution in [0.2, 0.25) is 0 Å². The Kier molecular flexibility index (Phi) is 12.9. The van der Waals surface area contributed by atoms with E-state index in [-0.39, 0.29) is 17.0 Å². The van der Waals surface area contributed by atoms with E-state index in [0.717, 1.165) is 37.7 Å². The molecule has 5 nitrogen and oxygen atoms in total. The van der Waals surface area contributed by atoms with Crippen molar-refractivity contribution in [2.45, 2.75) is 110 Å². The van der Waals surface area contributed by atoms with Crippen molar-refractivity contribution in [3.63, 3.8) is 0 Å². The van der Waals surface area contributed by atoms with Crippen LogP contribution in [0.5, 0.6) is 0 Å². The van der Waals surface area contributed by atoms with Crippen molar-refractivity contribution in [3.8, 4) is 0 Å². The van der Waals surface area contributed by atoms with Gasteiger partial charge < -0.3 is 15.4 Å². The van der Waals surface area contributed by atoms with Crippen molar-refractivity contribution >= 4 is 45.5 Å². The van der Waals surface area contributed by atoms with Gasteiger partial charge >= 0.3 is 5.97 Å². The first-order valence-electron chi connectivity index (χ1n) is 12.5. The van der Waals surface area contributed by atoms with Gasteiger partial charge in [0.05, 0.1) is 12.2 Å². The standard InChI is InChI=1S/C25H40N2O3S2/c1-3-5-6-7-8-9-10-11-12-13-14-18-21(28)26-25(31)27-23-22(24(29)30-4-2)19-16-15-17-20(19)32-23/h3-18H2,1-2H3,(H2,26,27,28,31). The number of hydrogen-bond donors (Lipinski definition) is 2. The number of fused-ring (bicyclic) bond motifs is 1. The molecule has 0 bridgehead atoms. The van der Waals surface area contributed by atoms with E-state index in [4.69, 9.17) is 17.0 Å². The van der Waals surface area contributed by atoms with Crippen LogP contribution in [0.4, 0.5) is 5.00 Å². The second-order valence-electron chi connectivity index (χ2n) is 8.57. The lowest BCUT2D eigenvalue weighted by Crippen LogP contribution is -2.34. The quantitative estimate of drug-likeness (QED) is 0.162. The van der Waals surface area contributed by atoms with E-state index in [0.29, 0.717) is 23.6 Å². The van der Waals surface area contributed by atoms with Gasteiger partial charge in [-0.25, -0.2) is 4.79 Å². The summed E-state index contributed by atoms with van der Waals surface area (Å²) in [6.45, 7) is 4.39. The molecule has 1 aromatic heterocycles. The minimum absolute atomic E-state index is 0.0693. The second-order valence-corrected chi connectivity index (χ2v) is 10.1. The van der Waals surface area contributed by atoms with Crippen molar-refractivity contribution < 1.29 is 14.3 Å². The van der Waals surface area contributed by atoms with Gasteiger partial charge in [0.15, 0.2) is 5.11 Å². The number of hydrogen-bond acceptors (Lipinski definition) is 5. The van der Waals surface area contributed by atoms with Crippen LogP contribution in [0, 0.1) is 0 Å². The molecule has 0 radical (unpaired) electrons. The molecule has 180 valence electrons. The van der Waals surface area contributed by atoms with Crippen LogP contribution in [0.1, 0.15) is 118 Å². The molecule has 2 rings (SSSR count). The third-order valence-electron chi connectivity index (χ3n) is 5.89. The number of rotatable bonds is 15. The first kappa shape index (κ1) is 26.8. The highest BCUT2D eigenvalue weighted by Crippen LogP contribution is 2.39. The molecule has 0 aliphatic heterocycles. The SMILES string of the molecule is CCCCCCCCCCCCCC(=O)NC(=S)Nc1sc2c(c1C(=O)OCC)CCC2. The number of unbranched alkanes of at least 4 members (excludes halogenated alkanes) is 10. The minimum Gasteiger partial charge on any atom is -0.462 e. The summed E-state index contributed by atoms with van der Waals surface area (Å²) in [5.74, 6) is -0.385. The zero-order valence-corrected chi connectivity index (χ0v) is 21.5. The van der Waals surface area contributed by atoms with Gasteiger partial charge in [0.25, 0.3) is 0 Å². The Morgan fingerprint density at radius 1 is 0.938 bits per heavy atom. The molecular formula is C25H40N2O3S2. The predicted molar refractivity (Wildman–Crippen MR) is 138 cm³/mol. The van der Waals surface area contributed by atoms with Gasteiger partial charge in [0.1, 0.15) is 5.00 Å². The molecule has 7 heteroatoms.